The van der Waals surface area contributed by atoms with E-state index in [4.69, 9.17) is 0 Å². The van der Waals surface area contributed by atoms with Gasteiger partial charge >= 0.3 is 0 Å². The highest BCUT2D eigenvalue weighted by Crippen LogP contribution is 2.19. The highest BCUT2D eigenvalue weighted by molar-refractivity contribution is 7.92. The summed E-state index contributed by atoms with van der Waals surface area (Å²) >= 11 is 0. The normalized spacial score (nSPS) is 11.1. The topological polar surface area (TPSA) is 75.3 Å². The van der Waals surface area contributed by atoms with E-state index in [-0.39, 0.29) is 16.4 Å². The lowest BCUT2D eigenvalue weighted by molar-refractivity contribution is 0.102. The fourth-order valence-corrected chi connectivity index (χ4v) is 3.85. The zero-order valence-electron chi connectivity index (χ0n) is 15.8. The molecule has 0 spiro atoms. The second-order valence-corrected chi connectivity index (χ2v) is 8.19. The van der Waals surface area contributed by atoms with Crippen molar-refractivity contribution in [3.63, 3.8) is 0 Å². The average Bonchev–Trinajstić information content (AvgIpc) is 2.68. The van der Waals surface area contributed by atoms with Crippen LogP contribution in [0.25, 0.3) is 0 Å². The van der Waals surface area contributed by atoms with Crippen molar-refractivity contribution in [2.75, 3.05) is 10.0 Å². The van der Waals surface area contributed by atoms with Crippen LogP contribution in [0.5, 0.6) is 0 Å². The van der Waals surface area contributed by atoms with E-state index >= 15 is 0 Å². The summed E-state index contributed by atoms with van der Waals surface area (Å²) in [6.07, 6.45) is 0.919. The molecule has 0 radical (unpaired) electrons. The molecular formula is C22H22N2O3S. The summed E-state index contributed by atoms with van der Waals surface area (Å²) in [4.78, 5) is 12.6. The predicted octanol–water partition coefficient (Wildman–Crippen LogP) is 4.61. The van der Waals surface area contributed by atoms with Crippen molar-refractivity contribution in [1.29, 1.82) is 0 Å². The van der Waals surface area contributed by atoms with Gasteiger partial charge in [0.25, 0.3) is 15.9 Å². The number of benzene rings is 3. The van der Waals surface area contributed by atoms with E-state index in [9.17, 15) is 13.2 Å². The maximum absolute atomic E-state index is 12.7. The number of anilines is 2. The van der Waals surface area contributed by atoms with Crippen LogP contribution >= 0.6 is 0 Å². The molecule has 3 rings (SSSR count). The van der Waals surface area contributed by atoms with Crippen molar-refractivity contribution < 1.29 is 13.2 Å². The van der Waals surface area contributed by atoms with Gasteiger partial charge in [0.1, 0.15) is 0 Å². The largest absolute Gasteiger partial charge is 0.322 e. The van der Waals surface area contributed by atoms with Crippen LogP contribution < -0.4 is 10.0 Å². The molecule has 0 heterocycles. The van der Waals surface area contributed by atoms with Gasteiger partial charge in [-0.2, -0.15) is 0 Å². The predicted molar refractivity (Wildman–Crippen MR) is 112 cm³/mol. The molecule has 0 aliphatic heterocycles. The Morgan fingerprint density at radius 2 is 1.61 bits per heavy atom. The molecule has 3 aromatic rings. The van der Waals surface area contributed by atoms with Gasteiger partial charge in [0.05, 0.1) is 4.90 Å². The molecule has 0 aliphatic rings. The van der Waals surface area contributed by atoms with Gasteiger partial charge in [0.2, 0.25) is 0 Å². The summed E-state index contributed by atoms with van der Waals surface area (Å²) in [5.41, 5.74) is 3.53. The SMILES string of the molecule is CCc1ccc(NC(=O)c2cccc(S(=O)(=O)Nc3cccc(C)c3)c2)cc1. The molecule has 144 valence electrons. The summed E-state index contributed by atoms with van der Waals surface area (Å²) in [5, 5.41) is 2.79. The number of rotatable bonds is 6. The minimum atomic E-state index is -3.80. The number of aryl methyl sites for hydroxylation is 2. The first-order valence-electron chi connectivity index (χ1n) is 8.97. The van der Waals surface area contributed by atoms with E-state index in [1.54, 1.807) is 30.3 Å². The van der Waals surface area contributed by atoms with Gasteiger partial charge in [0, 0.05) is 16.9 Å². The number of hydrogen-bond acceptors (Lipinski definition) is 3. The van der Waals surface area contributed by atoms with E-state index in [0.29, 0.717) is 11.4 Å². The monoisotopic (exact) mass is 394 g/mol. The number of sulfonamides is 1. The van der Waals surface area contributed by atoms with Gasteiger partial charge in [-0.15, -0.1) is 0 Å². The van der Waals surface area contributed by atoms with Crippen molar-refractivity contribution in [3.05, 3.63) is 89.5 Å². The summed E-state index contributed by atoms with van der Waals surface area (Å²) in [6.45, 7) is 3.94. The first-order valence-corrected chi connectivity index (χ1v) is 10.5. The van der Waals surface area contributed by atoms with Crippen LogP contribution in [0.2, 0.25) is 0 Å². The van der Waals surface area contributed by atoms with Crippen molar-refractivity contribution in [1.82, 2.24) is 0 Å². The van der Waals surface area contributed by atoms with Crippen LogP contribution in [-0.2, 0) is 16.4 Å². The summed E-state index contributed by atoms with van der Waals surface area (Å²) < 4.78 is 27.9. The second-order valence-electron chi connectivity index (χ2n) is 6.51. The van der Waals surface area contributed by atoms with E-state index in [1.807, 2.05) is 37.3 Å². The average molecular weight is 394 g/mol. The minimum absolute atomic E-state index is 0.0305. The maximum Gasteiger partial charge on any atom is 0.261 e. The standard InChI is InChI=1S/C22H22N2O3S/c1-3-17-10-12-19(13-11-17)23-22(25)18-7-5-9-21(15-18)28(26,27)24-20-8-4-6-16(2)14-20/h4-15,24H,3H2,1-2H3,(H,23,25). The molecule has 1 amide bonds. The Morgan fingerprint density at radius 1 is 0.893 bits per heavy atom. The van der Waals surface area contributed by atoms with Crippen LogP contribution in [0.3, 0.4) is 0 Å². The first kappa shape index (κ1) is 19.6. The molecule has 0 fully saturated rings. The highest BCUT2D eigenvalue weighted by Gasteiger charge is 2.17. The van der Waals surface area contributed by atoms with Crippen molar-refractivity contribution in [2.24, 2.45) is 0 Å². The van der Waals surface area contributed by atoms with Crippen LogP contribution in [0.1, 0.15) is 28.4 Å². The fourth-order valence-electron chi connectivity index (χ4n) is 2.75. The van der Waals surface area contributed by atoms with Crippen molar-refractivity contribution >= 4 is 27.3 Å². The molecule has 28 heavy (non-hydrogen) atoms. The van der Waals surface area contributed by atoms with Crippen LogP contribution in [-0.4, -0.2) is 14.3 Å². The number of hydrogen-bond donors (Lipinski definition) is 2. The minimum Gasteiger partial charge on any atom is -0.322 e. The van der Waals surface area contributed by atoms with Crippen LogP contribution in [0.4, 0.5) is 11.4 Å². The number of carbonyl (C=O) groups is 1. The number of nitrogens with one attached hydrogen (secondary N) is 2. The molecule has 0 bridgehead atoms. The Balaban J connectivity index is 1.79. The lowest BCUT2D eigenvalue weighted by atomic mass is 10.1. The zero-order valence-corrected chi connectivity index (χ0v) is 16.6. The van der Waals surface area contributed by atoms with Crippen LogP contribution in [0.15, 0.2) is 77.7 Å². The molecule has 0 unspecified atom stereocenters. The molecular weight excluding hydrogens is 372 g/mol. The van der Waals surface area contributed by atoms with Gasteiger partial charge in [-0.05, 0) is 66.9 Å². The van der Waals surface area contributed by atoms with E-state index < -0.39 is 10.0 Å². The zero-order chi connectivity index (χ0) is 20.1. The molecule has 6 heteroatoms. The summed E-state index contributed by atoms with van der Waals surface area (Å²) in [7, 11) is -3.80. The third-order valence-electron chi connectivity index (χ3n) is 4.30. The molecule has 0 aromatic heterocycles. The Kier molecular flexibility index (Phi) is 5.80. The highest BCUT2D eigenvalue weighted by atomic mass is 32.2. The van der Waals surface area contributed by atoms with E-state index in [0.717, 1.165) is 12.0 Å². The Hall–Kier alpha value is -3.12. The smallest absolute Gasteiger partial charge is 0.261 e. The molecule has 2 N–H and O–H groups in total. The third-order valence-corrected chi connectivity index (χ3v) is 5.68. The van der Waals surface area contributed by atoms with Crippen molar-refractivity contribution in [3.8, 4) is 0 Å². The first-order chi connectivity index (χ1) is 13.4. The van der Waals surface area contributed by atoms with E-state index in [1.165, 1.54) is 17.7 Å². The fraction of sp³-hybridized carbons (Fsp3) is 0.136. The Morgan fingerprint density at radius 3 is 2.29 bits per heavy atom. The second kappa shape index (κ2) is 8.27. The lowest BCUT2D eigenvalue weighted by Gasteiger charge is -2.10. The summed E-state index contributed by atoms with van der Waals surface area (Å²) in [5.74, 6) is -0.364. The lowest BCUT2D eigenvalue weighted by Crippen LogP contribution is -2.16. The Bertz CT molecular complexity index is 1090. The molecule has 3 aromatic carbocycles. The quantitative estimate of drug-likeness (QED) is 0.641. The molecule has 0 saturated heterocycles. The molecule has 5 nitrogen and oxygen atoms in total. The van der Waals surface area contributed by atoms with Crippen LogP contribution in [0, 0.1) is 6.92 Å². The number of carbonyl (C=O) groups excluding carboxylic acids is 1. The van der Waals surface area contributed by atoms with Gasteiger partial charge in [0.15, 0.2) is 0 Å². The molecule has 0 atom stereocenters. The van der Waals surface area contributed by atoms with E-state index in [2.05, 4.69) is 17.0 Å². The third kappa shape index (κ3) is 4.78. The van der Waals surface area contributed by atoms with Gasteiger partial charge in [-0.25, -0.2) is 8.42 Å². The maximum atomic E-state index is 12.7. The molecule has 0 aliphatic carbocycles. The van der Waals surface area contributed by atoms with Gasteiger partial charge in [-0.1, -0.05) is 37.3 Å². The van der Waals surface area contributed by atoms with Crippen molar-refractivity contribution in [2.45, 2.75) is 25.2 Å². The van der Waals surface area contributed by atoms with Gasteiger partial charge in [-0.3, -0.25) is 9.52 Å². The number of amides is 1. The molecule has 0 saturated carbocycles. The summed E-state index contributed by atoms with van der Waals surface area (Å²) in [6, 6.07) is 20.6. The Labute approximate surface area is 165 Å². The van der Waals surface area contributed by atoms with Gasteiger partial charge < -0.3 is 5.32 Å².